The first-order valence-corrected chi connectivity index (χ1v) is 6.80. The van der Waals surface area contributed by atoms with Crippen molar-refractivity contribution in [3.8, 4) is 11.1 Å². The minimum atomic E-state index is -0.227. The molecule has 0 amide bonds. The van der Waals surface area contributed by atoms with Crippen LogP contribution in [0.5, 0.6) is 0 Å². The molecule has 3 heteroatoms. The Morgan fingerprint density at radius 1 is 1.00 bits per heavy atom. The zero-order valence-electron chi connectivity index (χ0n) is 12.0. The number of rotatable bonds is 2. The second-order valence-corrected chi connectivity index (χ2v) is 5.82. The standard InChI is InChI=1S/C17H17N3/c1-11-4-6-13-14-7-5-12(2)9-16(14)17(3,10-19-20-18)15(13)8-11/h4-9H,10H2,1-3H3. The lowest BCUT2D eigenvalue weighted by Crippen LogP contribution is -2.24. The predicted octanol–water partition coefficient (Wildman–Crippen LogP) is 4.90. The summed E-state index contributed by atoms with van der Waals surface area (Å²) in [6, 6.07) is 13.1. The van der Waals surface area contributed by atoms with E-state index in [0.717, 1.165) is 0 Å². The van der Waals surface area contributed by atoms with Crippen molar-refractivity contribution in [1.29, 1.82) is 0 Å². The van der Waals surface area contributed by atoms with Crippen LogP contribution < -0.4 is 0 Å². The van der Waals surface area contributed by atoms with Crippen molar-refractivity contribution in [2.24, 2.45) is 5.11 Å². The van der Waals surface area contributed by atoms with Gasteiger partial charge < -0.3 is 0 Å². The molecule has 1 aliphatic rings. The van der Waals surface area contributed by atoms with Gasteiger partial charge in [0.05, 0.1) is 0 Å². The summed E-state index contributed by atoms with van der Waals surface area (Å²) in [5, 5.41) is 3.86. The van der Waals surface area contributed by atoms with Crippen molar-refractivity contribution in [1.82, 2.24) is 0 Å². The van der Waals surface area contributed by atoms with Crippen LogP contribution in [0.3, 0.4) is 0 Å². The number of fused-ring (bicyclic) bond motifs is 3. The highest BCUT2D eigenvalue weighted by Gasteiger charge is 2.38. The average molecular weight is 263 g/mol. The van der Waals surface area contributed by atoms with Gasteiger partial charge in [-0.05, 0) is 41.6 Å². The lowest BCUT2D eigenvalue weighted by atomic mass is 9.79. The van der Waals surface area contributed by atoms with Gasteiger partial charge >= 0.3 is 0 Å². The SMILES string of the molecule is Cc1ccc2c(c1)C(C)(CN=[N+]=[N-])c1cc(C)ccc1-2. The summed E-state index contributed by atoms with van der Waals surface area (Å²) >= 11 is 0. The van der Waals surface area contributed by atoms with Crippen LogP contribution in [-0.4, -0.2) is 6.54 Å². The zero-order valence-corrected chi connectivity index (χ0v) is 12.0. The molecule has 1 aliphatic carbocycles. The summed E-state index contributed by atoms with van der Waals surface area (Å²) in [6.45, 7) is 6.83. The summed E-state index contributed by atoms with van der Waals surface area (Å²) in [7, 11) is 0. The summed E-state index contributed by atoms with van der Waals surface area (Å²) in [5.41, 5.74) is 16.0. The molecule has 0 aromatic heterocycles. The molecule has 20 heavy (non-hydrogen) atoms. The molecule has 0 bridgehead atoms. The van der Waals surface area contributed by atoms with E-state index < -0.39 is 0 Å². The van der Waals surface area contributed by atoms with Crippen LogP contribution in [0.15, 0.2) is 41.5 Å². The first-order chi connectivity index (χ1) is 9.56. The molecule has 0 aliphatic heterocycles. The predicted molar refractivity (Wildman–Crippen MR) is 81.8 cm³/mol. The van der Waals surface area contributed by atoms with E-state index in [2.05, 4.69) is 67.2 Å². The van der Waals surface area contributed by atoms with Gasteiger partial charge in [0.2, 0.25) is 0 Å². The van der Waals surface area contributed by atoms with Crippen LogP contribution in [0.4, 0.5) is 0 Å². The molecule has 100 valence electrons. The van der Waals surface area contributed by atoms with Gasteiger partial charge in [0.25, 0.3) is 0 Å². The fourth-order valence-electron chi connectivity index (χ4n) is 3.19. The van der Waals surface area contributed by atoms with E-state index >= 15 is 0 Å². The van der Waals surface area contributed by atoms with Gasteiger partial charge in [-0.25, -0.2) is 0 Å². The Kier molecular flexibility index (Phi) is 2.81. The highest BCUT2D eigenvalue weighted by molar-refractivity contribution is 5.81. The minimum Gasteiger partial charge on any atom is -0.0927 e. The number of azide groups is 1. The third kappa shape index (κ3) is 1.71. The highest BCUT2D eigenvalue weighted by Crippen LogP contribution is 2.49. The van der Waals surface area contributed by atoms with Crippen LogP contribution in [0.2, 0.25) is 0 Å². The Bertz CT molecular complexity index is 688. The maximum Gasteiger partial charge on any atom is 0.0393 e. The van der Waals surface area contributed by atoms with Crippen molar-refractivity contribution >= 4 is 0 Å². The first-order valence-electron chi connectivity index (χ1n) is 6.80. The molecule has 0 fully saturated rings. The van der Waals surface area contributed by atoms with E-state index in [1.165, 1.54) is 33.4 Å². The quantitative estimate of drug-likeness (QED) is 0.420. The molecule has 0 radical (unpaired) electrons. The zero-order chi connectivity index (χ0) is 14.3. The molecule has 0 heterocycles. The third-order valence-corrected chi connectivity index (χ3v) is 4.28. The fraction of sp³-hybridized carbons (Fsp3) is 0.294. The molecule has 0 N–H and O–H groups in total. The maximum absolute atomic E-state index is 8.70. The van der Waals surface area contributed by atoms with E-state index in [9.17, 15) is 0 Å². The fourth-order valence-corrected chi connectivity index (χ4v) is 3.19. The lowest BCUT2D eigenvalue weighted by molar-refractivity contribution is 0.597. The van der Waals surface area contributed by atoms with Crippen molar-refractivity contribution in [2.45, 2.75) is 26.2 Å². The van der Waals surface area contributed by atoms with Gasteiger partial charge in [-0.2, -0.15) is 0 Å². The molecule has 0 saturated heterocycles. The molecule has 0 atom stereocenters. The van der Waals surface area contributed by atoms with Gasteiger partial charge in [0, 0.05) is 16.9 Å². The van der Waals surface area contributed by atoms with Crippen molar-refractivity contribution in [3.63, 3.8) is 0 Å². The number of hydrogen-bond donors (Lipinski definition) is 0. The lowest BCUT2D eigenvalue weighted by Gasteiger charge is -2.25. The van der Waals surface area contributed by atoms with Gasteiger partial charge in [-0.1, -0.05) is 59.6 Å². The maximum atomic E-state index is 8.70. The van der Waals surface area contributed by atoms with Gasteiger partial charge in [0.15, 0.2) is 0 Å². The Morgan fingerprint density at radius 2 is 1.50 bits per heavy atom. The average Bonchev–Trinajstić information content (AvgIpc) is 2.67. The Hall–Kier alpha value is -2.25. The molecule has 2 aromatic carbocycles. The summed E-state index contributed by atoms with van der Waals surface area (Å²) in [5.74, 6) is 0. The van der Waals surface area contributed by atoms with Crippen LogP contribution in [0.1, 0.15) is 29.2 Å². The molecule has 3 rings (SSSR count). The first kappa shape index (κ1) is 12.8. The second kappa shape index (κ2) is 4.39. The smallest absolute Gasteiger partial charge is 0.0393 e. The van der Waals surface area contributed by atoms with Crippen LogP contribution >= 0.6 is 0 Å². The van der Waals surface area contributed by atoms with Crippen LogP contribution in [0.25, 0.3) is 21.6 Å². The number of hydrogen-bond acceptors (Lipinski definition) is 1. The summed E-state index contributed by atoms with van der Waals surface area (Å²) < 4.78 is 0. The summed E-state index contributed by atoms with van der Waals surface area (Å²) in [4.78, 5) is 2.96. The highest BCUT2D eigenvalue weighted by atomic mass is 15.1. The van der Waals surface area contributed by atoms with Crippen molar-refractivity contribution in [3.05, 3.63) is 69.1 Å². The minimum absolute atomic E-state index is 0.227. The molecule has 2 aromatic rings. The number of benzene rings is 2. The number of aryl methyl sites for hydroxylation is 2. The van der Waals surface area contributed by atoms with Crippen LogP contribution in [-0.2, 0) is 5.41 Å². The number of nitrogens with zero attached hydrogens (tertiary/aromatic N) is 3. The third-order valence-electron chi connectivity index (χ3n) is 4.28. The second-order valence-electron chi connectivity index (χ2n) is 5.82. The van der Waals surface area contributed by atoms with E-state index in [1.807, 2.05) is 0 Å². The molecular weight excluding hydrogens is 246 g/mol. The van der Waals surface area contributed by atoms with Gasteiger partial charge in [-0.15, -0.1) is 0 Å². The Morgan fingerprint density at radius 3 is 1.95 bits per heavy atom. The van der Waals surface area contributed by atoms with E-state index in [0.29, 0.717) is 6.54 Å². The molecular formula is C17H17N3. The van der Waals surface area contributed by atoms with E-state index in [4.69, 9.17) is 5.53 Å². The van der Waals surface area contributed by atoms with Crippen molar-refractivity contribution < 1.29 is 0 Å². The molecule has 0 saturated carbocycles. The molecule has 0 spiro atoms. The van der Waals surface area contributed by atoms with E-state index in [1.54, 1.807) is 0 Å². The topological polar surface area (TPSA) is 48.8 Å². The van der Waals surface area contributed by atoms with Crippen molar-refractivity contribution in [2.75, 3.05) is 6.54 Å². The normalized spacial score (nSPS) is 14.3. The Labute approximate surface area is 118 Å². The monoisotopic (exact) mass is 263 g/mol. The summed E-state index contributed by atoms with van der Waals surface area (Å²) in [6.07, 6.45) is 0. The van der Waals surface area contributed by atoms with Gasteiger partial charge in [-0.3, -0.25) is 0 Å². The molecule has 3 nitrogen and oxygen atoms in total. The largest absolute Gasteiger partial charge is 0.0927 e. The Balaban J connectivity index is 2.32. The van der Waals surface area contributed by atoms with Crippen LogP contribution in [0, 0.1) is 13.8 Å². The molecule has 0 unspecified atom stereocenters. The van der Waals surface area contributed by atoms with E-state index in [-0.39, 0.29) is 5.41 Å². The van der Waals surface area contributed by atoms with Gasteiger partial charge in [0.1, 0.15) is 0 Å².